The van der Waals surface area contributed by atoms with Gasteiger partial charge in [0.2, 0.25) is 0 Å². The number of nitrogens with zero attached hydrogens (tertiary/aromatic N) is 1. The molecule has 4 nitrogen and oxygen atoms in total. The molecule has 1 aromatic carbocycles. The molecule has 1 heterocycles. The quantitative estimate of drug-likeness (QED) is 0.906. The van der Waals surface area contributed by atoms with E-state index in [1.807, 2.05) is 0 Å². The Morgan fingerprint density at radius 1 is 1.38 bits per heavy atom. The van der Waals surface area contributed by atoms with Crippen LogP contribution in [0.2, 0.25) is 0 Å². The molecule has 0 unspecified atom stereocenters. The van der Waals surface area contributed by atoms with Gasteiger partial charge in [-0.1, -0.05) is 12.1 Å². The highest BCUT2D eigenvalue weighted by Crippen LogP contribution is 2.15. The van der Waals surface area contributed by atoms with E-state index in [0.29, 0.717) is 29.1 Å². The molecule has 0 aliphatic rings. The van der Waals surface area contributed by atoms with Crippen molar-refractivity contribution < 1.29 is 13.6 Å². The predicted molar refractivity (Wildman–Crippen MR) is 81.2 cm³/mol. The number of hydrogen-bond acceptors (Lipinski definition) is 2. The standard InChI is InChI=1S/C15H16BrFN2O2/c1-10-7-11(3-5-13(10)17)8-18-15(20)19(2)9-12-4-6-14(16)21-12/h3-7H,8-9H2,1-2H3,(H,18,20). The highest BCUT2D eigenvalue weighted by Gasteiger charge is 2.11. The molecule has 2 rings (SSSR count). The third kappa shape index (κ3) is 4.32. The minimum atomic E-state index is -0.245. The monoisotopic (exact) mass is 354 g/mol. The van der Waals surface area contributed by atoms with Gasteiger partial charge in [-0.15, -0.1) is 0 Å². The third-order valence-electron chi connectivity index (χ3n) is 3.03. The molecule has 0 aliphatic carbocycles. The topological polar surface area (TPSA) is 45.5 Å². The van der Waals surface area contributed by atoms with Gasteiger partial charge >= 0.3 is 6.03 Å². The van der Waals surface area contributed by atoms with Gasteiger partial charge in [0, 0.05) is 13.6 Å². The Balaban J connectivity index is 1.87. The van der Waals surface area contributed by atoms with Crippen LogP contribution in [-0.4, -0.2) is 18.0 Å². The first-order valence-electron chi connectivity index (χ1n) is 6.44. The molecule has 0 radical (unpaired) electrons. The smallest absolute Gasteiger partial charge is 0.317 e. The lowest BCUT2D eigenvalue weighted by Crippen LogP contribution is -2.36. The number of nitrogens with one attached hydrogen (secondary N) is 1. The normalized spacial score (nSPS) is 10.5. The fraction of sp³-hybridized carbons (Fsp3) is 0.267. The van der Waals surface area contributed by atoms with E-state index in [2.05, 4.69) is 21.2 Å². The van der Waals surface area contributed by atoms with Gasteiger partial charge in [-0.25, -0.2) is 9.18 Å². The molecule has 6 heteroatoms. The van der Waals surface area contributed by atoms with Crippen LogP contribution in [0.5, 0.6) is 0 Å². The number of carbonyl (C=O) groups is 1. The van der Waals surface area contributed by atoms with Gasteiger partial charge in [-0.05, 0) is 52.2 Å². The molecule has 0 atom stereocenters. The molecular weight excluding hydrogens is 339 g/mol. The van der Waals surface area contributed by atoms with Crippen LogP contribution >= 0.6 is 15.9 Å². The van der Waals surface area contributed by atoms with Gasteiger partial charge in [0.05, 0.1) is 6.54 Å². The van der Waals surface area contributed by atoms with Crippen molar-refractivity contribution >= 4 is 22.0 Å². The van der Waals surface area contributed by atoms with E-state index < -0.39 is 0 Å². The lowest BCUT2D eigenvalue weighted by molar-refractivity contribution is 0.202. The molecule has 2 amide bonds. The number of hydrogen-bond donors (Lipinski definition) is 1. The van der Waals surface area contributed by atoms with E-state index in [-0.39, 0.29) is 11.8 Å². The number of benzene rings is 1. The molecule has 2 aromatic rings. The van der Waals surface area contributed by atoms with Crippen molar-refractivity contribution in [3.8, 4) is 0 Å². The van der Waals surface area contributed by atoms with Gasteiger partial charge < -0.3 is 14.6 Å². The van der Waals surface area contributed by atoms with Crippen molar-refractivity contribution in [1.29, 1.82) is 0 Å². The zero-order valence-electron chi connectivity index (χ0n) is 11.8. The number of rotatable bonds is 4. The van der Waals surface area contributed by atoms with E-state index >= 15 is 0 Å². The summed E-state index contributed by atoms with van der Waals surface area (Å²) in [6.45, 7) is 2.42. The van der Waals surface area contributed by atoms with Crippen LogP contribution in [0.15, 0.2) is 39.4 Å². The first-order chi connectivity index (χ1) is 9.95. The number of amides is 2. The number of furan rings is 1. The Hall–Kier alpha value is -1.82. The minimum Gasteiger partial charge on any atom is -0.452 e. The average Bonchev–Trinajstić information content (AvgIpc) is 2.85. The summed E-state index contributed by atoms with van der Waals surface area (Å²) in [5.74, 6) is 0.447. The van der Waals surface area contributed by atoms with E-state index in [9.17, 15) is 9.18 Å². The maximum absolute atomic E-state index is 13.2. The fourth-order valence-electron chi connectivity index (χ4n) is 1.87. The van der Waals surface area contributed by atoms with Gasteiger partial charge in [-0.2, -0.15) is 0 Å². The highest BCUT2D eigenvalue weighted by molar-refractivity contribution is 9.10. The van der Waals surface area contributed by atoms with Crippen molar-refractivity contribution in [2.75, 3.05) is 7.05 Å². The summed E-state index contributed by atoms with van der Waals surface area (Å²) < 4.78 is 19.1. The molecule has 0 saturated carbocycles. The van der Waals surface area contributed by atoms with Gasteiger partial charge in [0.15, 0.2) is 4.67 Å². The first-order valence-corrected chi connectivity index (χ1v) is 7.23. The summed E-state index contributed by atoms with van der Waals surface area (Å²) in [6, 6.07) is 8.15. The summed E-state index contributed by atoms with van der Waals surface area (Å²) in [7, 11) is 1.68. The second-order valence-corrected chi connectivity index (χ2v) is 5.59. The van der Waals surface area contributed by atoms with Crippen LogP contribution in [-0.2, 0) is 13.1 Å². The van der Waals surface area contributed by atoms with Gasteiger partial charge in [-0.3, -0.25) is 0 Å². The number of carbonyl (C=O) groups excluding carboxylic acids is 1. The van der Waals surface area contributed by atoms with Crippen LogP contribution in [0.25, 0.3) is 0 Å². The van der Waals surface area contributed by atoms with Crippen molar-refractivity contribution in [3.63, 3.8) is 0 Å². The van der Waals surface area contributed by atoms with Crippen LogP contribution in [0.4, 0.5) is 9.18 Å². The summed E-state index contributed by atoms with van der Waals surface area (Å²) in [6.07, 6.45) is 0. The molecule has 0 bridgehead atoms. The third-order valence-corrected chi connectivity index (χ3v) is 3.46. The van der Waals surface area contributed by atoms with E-state index in [0.717, 1.165) is 5.56 Å². The summed E-state index contributed by atoms with van der Waals surface area (Å²) >= 11 is 3.22. The van der Waals surface area contributed by atoms with Crippen LogP contribution in [0, 0.1) is 12.7 Å². The van der Waals surface area contributed by atoms with Crippen molar-refractivity contribution in [1.82, 2.24) is 10.2 Å². The largest absolute Gasteiger partial charge is 0.452 e. The van der Waals surface area contributed by atoms with Crippen molar-refractivity contribution in [2.45, 2.75) is 20.0 Å². The van der Waals surface area contributed by atoms with Crippen LogP contribution < -0.4 is 5.32 Å². The Morgan fingerprint density at radius 3 is 2.76 bits per heavy atom. The average molecular weight is 355 g/mol. The molecular formula is C15H16BrFN2O2. The summed E-state index contributed by atoms with van der Waals surface area (Å²) in [4.78, 5) is 13.5. The maximum Gasteiger partial charge on any atom is 0.317 e. The zero-order chi connectivity index (χ0) is 15.4. The molecule has 0 aliphatic heterocycles. The Labute approximate surface area is 131 Å². The molecule has 1 aromatic heterocycles. The van der Waals surface area contributed by atoms with Crippen molar-refractivity contribution in [2.24, 2.45) is 0 Å². The molecule has 21 heavy (non-hydrogen) atoms. The lowest BCUT2D eigenvalue weighted by atomic mass is 10.1. The Morgan fingerprint density at radius 2 is 2.14 bits per heavy atom. The number of aryl methyl sites for hydroxylation is 1. The Kier molecular flexibility index (Phi) is 5.01. The Bertz CT molecular complexity index is 642. The zero-order valence-corrected chi connectivity index (χ0v) is 13.4. The van der Waals surface area contributed by atoms with E-state index in [1.165, 1.54) is 11.0 Å². The van der Waals surface area contributed by atoms with Crippen LogP contribution in [0.3, 0.4) is 0 Å². The lowest BCUT2D eigenvalue weighted by Gasteiger charge is -2.16. The van der Waals surface area contributed by atoms with Gasteiger partial charge in [0.1, 0.15) is 11.6 Å². The van der Waals surface area contributed by atoms with E-state index in [4.69, 9.17) is 4.42 Å². The molecule has 0 spiro atoms. The molecule has 0 saturated heterocycles. The van der Waals surface area contributed by atoms with Gasteiger partial charge in [0.25, 0.3) is 0 Å². The molecule has 0 fully saturated rings. The number of urea groups is 1. The van der Waals surface area contributed by atoms with E-state index in [1.54, 1.807) is 38.2 Å². The molecule has 1 N–H and O–H groups in total. The summed E-state index contributed by atoms with van der Waals surface area (Å²) in [5, 5.41) is 2.78. The number of halogens is 2. The SMILES string of the molecule is Cc1cc(CNC(=O)N(C)Cc2ccc(Br)o2)ccc1F. The second kappa shape index (κ2) is 6.76. The fourth-order valence-corrected chi connectivity index (χ4v) is 2.21. The van der Waals surface area contributed by atoms with Crippen LogP contribution in [0.1, 0.15) is 16.9 Å². The summed E-state index contributed by atoms with van der Waals surface area (Å²) in [5.41, 5.74) is 1.42. The maximum atomic E-state index is 13.2. The molecule has 112 valence electrons. The van der Waals surface area contributed by atoms with Crippen molar-refractivity contribution in [3.05, 3.63) is 57.7 Å². The first kappa shape index (κ1) is 15.6. The predicted octanol–water partition coefficient (Wildman–Crippen LogP) is 3.83. The minimum absolute atomic E-state index is 0.218. The highest BCUT2D eigenvalue weighted by atomic mass is 79.9. The second-order valence-electron chi connectivity index (χ2n) is 4.80.